The molecule has 0 saturated heterocycles. The van der Waals surface area contributed by atoms with Crippen LogP contribution in [0.1, 0.15) is 18.0 Å². The zero-order chi connectivity index (χ0) is 10.6. The Labute approximate surface area is 80.2 Å². The highest BCUT2D eigenvalue weighted by Gasteiger charge is 2.31. The first-order valence-electron chi connectivity index (χ1n) is 4.17. The van der Waals surface area contributed by atoms with Crippen LogP contribution in [0, 0.1) is 0 Å². The van der Waals surface area contributed by atoms with Gasteiger partial charge in [0, 0.05) is 18.4 Å². The molecule has 0 amide bonds. The summed E-state index contributed by atoms with van der Waals surface area (Å²) in [6.45, 7) is 0. The second-order valence-corrected chi connectivity index (χ2v) is 2.94. The minimum atomic E-state index is -4.16. The summed E-state index contributed by atoms with van der Waals surface area (Å²) in [6.07, 6.45) is -2.06. The van der Waals surface area contributed by atoms with Crippen LogP contribution in [-0.4, -0.2) is 18.2 Å². The average molecular weight is 204 g/mol. The zero-order valence-corrected chi connectivity index (χ0v) is 7.67. The van der Waals surface area contributed by atoms with Gasteiger partial charge in [0.15, 0.2) is 0 Å². The van der Waals surface area contributed by atoms with E-state index in [0.29, 0.717) is 5.56 Å². The number of aromatic nitrogens is 1. The van der Waals surface area contributed by atoms with Crippen molar-refractivity contribution in [2.75, 3.05) is 7.05 Å². The number of halogens is 3. The van der Waals surface area contributed by atoms with Crippen molar-refractivity contribution in [3.05, 3.63) is 30.1 Å². The zero-order valence-electron chi connectivity index (χ0n) is 7.67. The van der Waals surface area contributed by atoms with Crippen molar-refractivity contribution in [3.63, 3.8) is 0 Å². The SMILES string of the molecule is CNC(CC(F)(F)F)c1ccncc1. The van der Waals surface area contributed by atoms with Crippen LogP contribution in [-0.2, 0) is 0 Å². The average Bonchev–Trinajstić information content (AvgIpc) is 2.14. The van der Waals surface area contributed by atoms with Gasteiger partial charge in [0.2, 0.25) is 0 Å². The molecular weight excluding hydrogens is 193 g/mol. The van der Waals surface area contributed by atoms with E-state index >= 15 is 0 Å². The monoisotopic (exact) mass is 204 g/mol. The molecule has 5 heteroatoms. The second kappa shape index (κ2) is 4.41. The van der Waals surface area contributed by atoms with Gasteiger partial charge in [0.1, 0.15) is 0 Å². The number of hydrogen-bond acceptors (Lipinski definition) is 2. The molecule has 0 aliphatic heterocycles. The molecule has 1 unspecified atom stereocenters. The van der Waals surface area contributed by atoms with Crippen molar-refractivity contribution >= 4 is 0 Å². The molecule has 1 atom stereocenters. The molecular formula is C9H11F3N2. The molecule has 0 spiro atoms. The first kappa shape index (κ1) is 11.0. The van der Waals surface area contributed by atoms with E-state index in [1.807, 2.05) is 0 Å². The summed E-state index contributed by atoms with van der Waals surface area (Å²) in [5.74, 6) is 0. The molecule has 0 fully saturated rings. The quantitative estimate of drug-likeness (QED) is 0.817. The van der Waals surface area contributed by atoms with Crippen LogP contribution in [0.15, 0.2) is 24.5 Å². The minimum absolute atomic E-state index is 0.597. The fourth-order valence-corrected chi connectivity index (χ4v) is 1.21. The van der Waals surface area contributed by atoms with Gasteiger partial charge in [0.25, 0.3) is 0 Å². The van der Waals surface area contributed by atoms with Crippen LogP contribution >= 0.6 is 0 Å². The van der Waals surface area contributed by atoms with Gasteiger partial charge in [-0.2, -0.15) is 13.2 Å². The Bertz CT molecular complexity index is 271. The van der Waals surface area contributed by atoms with Crippen molar-refractivity contribution < 1.29 is 13.2 Å². The highest BCUT2D eigenvalue weighted by Crippen LogP contribution is 2.28. The van der Waals surface area contributed by atoms with Crippen LogP contribution in [0.2, 0.25) is 0 Å². The minimum Gasteiger partial charge on any atom is -0.313 e. The van der Waals surface area contributed by atoms with Crippen molar-refractivity contribution in [2.24, 2.45) is 0 Å². The molecule has 0 aliphatic rings. The van der Waals surface area contributed by atoms with Gasteiger partial charge in [0.05, 0.1) is 6.42 Å². The Morgan fingerprint density at radius 2 is 1.93 bits per heavy atom. The van der Waals surface area contributed by atoms with Crippen molar-refractivity contribution in [3.8, 4) is 0 Å². The van der Waals surface area contributed by atoms with Gasteiger partial charge in [-0.25, -0.2) is 0 Å². The molecule has 2 nitrogen and oxygen atoms in total. The van der Waals surface area contributed by atoms with E-state index in [1.54, 1.807) is 12.1 Å². The third-order valence-corrected chi connectivity index (χ3v) is 1.89. The fourth-order valence-electron chi connectivity index (χ4n) is 1.21. The molecule has 0 aromatic carbocycles. The Morgan fingerprint density at radius 1 is 1.36 bits per heavy atom. The number of rotatable bonds is 3. The summed E-state index contributed by atoms with van der Waals surface area (Å²) in [4.78, 5) is 3.75. The van der Waals surface area contributed by atoms with Crippen molar-refractivity contribution in [1.82, 2.24) is 10.3 Å². The first-order valence-corrected chi connectivity index (χ1v) is 4.17. The summed E-state index contributed by atoms with van der Waals surface area (Å²) in [7, 11) is 1.51. The number of nitrogens with zero attached hydrogens (tertiary/aromatic N) is 1. The number of hydrogen-bond donors (Lipinski definition) is 1. The maximum absolute atomic E-state index is 12.1. The molecule has 0 saturated carbocycles. The molecule has 14 heavy (non-hydrogen) atoms. The van der Waals surface area contributed by atoms with Gasteiger partial charge in [-0.1, -0.05) is 0 Å². The predicted molar refractivity (Wildman–Crippen MR) is 46.7 cm³/mol. The first-order chi connectivity index (χ1) is 6.53. The fraction of sp³-hybridized carbons (Fsp3) is 0.444. The van der Waals surface area contributed by atoms with Crippen molar-refractivity contribution in [1.29, 1.82) is 0 Å². The van der Waals surface area contributed by atoms with Gasteiger partial charge in [-0.3, -0.25) is 4.98 Å². The lowest BCUT2D eigenvalue weighted by molar-refractivity contribution is -0.140. The lowest BCUT2D eigenvalue weighted by Crippen LogP contribution is -2.23. The summed E-state index contributed by atoms with van der Waals surface area (Å²) in [6, 6.07) is 2.46. The van der Waals surface area contributed by atoms with Crippen LogP contribution in [0.3, 0.4) is 0 Å². The van der Waals surface area contributed by atoms with E-state index in [-0.39, 0.29) is 0 Å². The summed E-state index contributed by atoms with van der Waals surface area (Å²) in [5, 5.41) is 2.63. The summed E-state index contributed by atoms with van der Waals surface area (Å²) in [5.41, 5.74) is 0.597. The highest BCUT2D eigenvalue weighted by molar-refractivity contribution is 5.14. The van der Waals surface area contributed by atoms with Crippen LogP contribution < -0.4 is 5.32 Å². The molecule has 1 N–H and O–H groups in total. The Morgan fingerprint density at radius 3 is 2.36 bits per heavy atom. The summed E-state index contributed by atoms with van der Waals surface area (Å²) < 4.78 is 36.4. The largest absolute Gasteiger partial charge is 0.390 e. The van der Waals surface area contributed by atoms with E-state index in [4.69, 9.17) is 0 Å². The molecule has 0 aliphatic carbocycles. The van der Waals surface area contributed by atoms with Crippen LogP contribution in [0.5, 0.6) is 0 Å². The van der Waals surface area contributed by atoms with Crippen molar-refractivity contribution in [2.45, 2.75) is 18.6 Å². The predicted octanol–water partition coefficient (Wildman–Crippen LogP) is 2.29. The van der Waals surface area contributed by atoms with E-state index in [9.17, 15) is 13.2 Å². The molecule has 1 heterocycles. The molecule has 1 aromatic rings. The molecule has 1 rings (SSSR count). The van der Waals surface area contributed by atoms with Gasteiger partial charge < -0.3 is 5.32 Å². The van der Waals surface area contributed by atoms with E-state index < -0.39 is 18.6 Å². The van der Waals surface area contributed by atoms with Gasteiger partial charge >= 0.3 is 6.18 Å². The van der Waals surface area contributed by atoms with Gasteiger partial charge in [-0.15, -0.1) is 0 Å². The molecule has 78 valence electrons. The van der Waals surface area contributed by atoms with E-state index in [1.165, 1.54) is 19.4 Å². The number of nitrogens with one attached hydrogen (secondary N) is 1. The topological polar surface area (TPSA) is 24.9 Å². The van der Waals surface area contributed by atoms with Crippen LogP contribution in [0.25, 0.3) is 0 Å². The highest BCUT2D eigenvalue weighted by atomic mass is 19.4. The van der Waals surface area contributed by atoms with Gasteiger partial charge in [-0.05, 0) is 24.7 Å². The number of alkyl halides is 3. The maximum Gasteiger partial charge on any atom is 0.390 e. The lowest BCUT2D eigenvalue weighted by Gasteiger charge is -2.17. The Hall–Kier alpha value is -1.10. The number of pyridine rings is 1. The van der Waals surface area contributed by atoms with E-state index in [2.05, 4.69) is 10.3 Å². The Balaban J connectivity index is 2.73. The standard InChI is InChI=1S/C9H11F3N2/c1-13-8(6-9(10,11)12)7-2-4-14-5-3-7/h2-5,8,13H,6H2,1H3. The summed E-state index contributed by atoms with van der Waals surface area (Å²) >= 11 is 0. The molecule has 0 radical (unpaired) electrons. The van der Waals surface area contributed by atoms with E-state index in [0.717, 1.165) is 0 Å². The lowest BCUT2D eigenvalue weighted by atomic mass is 10.1. The smallest absolute Gasteiger partial charge is 0.313 e. The maximum atomic E-state index is 12.1. The molecule has 1 aromatic heterocycles. The third kappa shape index (κ3) is 3.33. The normalized spacial score (nSPS) is 14.0. The molecule has 0 bridgehead atoms. The second-order valence-electron chi connectivity index (χ2n) is 2.94. The third-order valence-electron chi connectivity index (χ3n) is 1.89. The van der Waals surface area contributed by atoms with Crippen LogP contribution in [0.4, 0.5) is 13.2 Å². The Kier molecular flexibility index (Phi) is 3.46.